The van der Waals surface area contributed by atoms with Crippen LogP contribution in [0.25, 0.3) is 21.8 Å². The van der Waals surface area contributed by atoms with Crippen molar-refractivity contribution in [3.63, 3.8) is 0 Å². The first-order valence-corrected chi connectivity index (χ1v) is 19.2. The molecule has 1 aliphatic rings. The predicted octanol–water partition coefficient (Wildman–Crippen LogP) is 7.16. The number of benzene rings is 3. The molecule has 0 spiro atoms. The second-order valence-electron chi connectivity index (χ2n) is 15.0. The molecule has 0 saturated carbocycles. The number of halogens is 4. The van der Waals surface area contributed by atoms with Gasteiger partial charge in [-0.15, -0.1) is 0 Å². The minimum Gasteiger partial charge on any atom is -0.358 e. The van der Waals surface area contributed by atoms with Crippen molar-refractivity contribution >= 4 is 51.1 Å². The Kier molecular flexibility index (Phi) is 12.0. The normalized spacial score (nSPS) is 17.5. The lowest BCUT2D eigenvalue weighted by molar-refractivity contribution is -0.138. The molecule has 0 aliphatic heterocycles. The molecule has 0 radical (unpaired) electrons. The number of pyridine rings is 1. The van der Waals surface area contributed by atoms with Crippen molar-refractivity contribution in [3.05, 3.63) is 107 Å². The lowest BCUT2D eigenvalue weighted by Gasteiger charge is -2.39. The largest absolute Gasteiger partial charge is 0.418 e. The molecule has 10 nitrogen and oxygen atoms in total. The number of aromatic nitrogens is 2. The molecule has 2 heterocycles. The van der Waals surface area contributed by atoms with Gasteiger partial charge in [0.25, 0.3) is 0 Å². The van der Waals surface area contributed by atoms with Crippen molar-refractivity contribution < 1.29 is 36.7 Å². The topological polar surface area (TPSA) is 145 Å². The van der Waals surface area contributed by atoms with E-state index in [1.54, 1.807) is 43.5 Å². The highest BCUT2D eigenvalue weighted by Gasteiger charge is 2.47. The molecule has 5 aromatic rings. The predicted molar refractivity (Wildman–Crippen MR) is 209 cm³/mol. The van der Waals surface area contributed by atoms with Gasteiger partial charge in [-0.05, 0) is 72.2 Å². The van der Waals surface area contributed by atoms with Crippen molar-refractivity contribution in [3.8, 4) is 0 Å². The number of anilines is 1. The van der Waals surface area contributed by atoms with Gasteiger partial charge in [-0.2, -0.15) is 13.2 Å². The smallest absolute Gasteiger partial charge is 0.358 e. The second kappa shape index (κ2) is 16.7. The van der Waals surface area contributed by atoms with Gasteiger partial charge in [0.2, 0.25) is 23.6 Å². The summed E-state index contributed by atoms with van der Waals surface area (Å²) in [6.07, 6.45) is -2.57. The number of alkyl halides is 3. The van der Waals surface area contributed by atoms with Gasteiger partial charge in [0, 0.05) is 29.1 Å². The van der Waals surface area contributed by atoms with Gasteiger partial charge in [0.1, 0.15) is 23.4 Å². The Morgan fingerprint density at radius 3 is 2.23 bits per heavy atom. The van der Waals surface area contributed by atoms with Crippen LogP contribution in [0.2, 0.25) is 0 Å². The number of carbonyl (C=O) groups excluding carboxylic acids is 4. The van der Waals surface area contributed by atoms with E-state index in [1.807, 2.05) is 26.8 Å². The van der Waals surface area contributed by atoms with Gasteiger partial charge in [-0.1, -0.05) is 76.9 Å². The number of aryl methyl sites for hydroxylation is 1. The number of nitrogens with one attached hydrogen (secondary N) is 5. The Hall–Kier alpha value is -5.79. The first-order valence-electron chi connectivity index (χ1n) is 19.2. The summed E-state index contributed by atoms with van der Waals surface area (Å²) in [4.78, 5) is 63.9. The molecule has 1 aliphatic carbocycles. The molecular weight excluding hydrogens is 741 g/mol. The fraction of sp³-hybridized carbons (Fsp3) is 0.372. The van der Waals surface area contributed by atoms with Gasteiger partial charge in [0.05, 0.1) is 28.7 Å². The van der Waals surface area contributed by atoms with E-state index in [1.165, 1.54) is 30.3 Å². The maximum Gasteiger partial charge on any atom is 0.418 e. The number of hydrogen-bond donors (Lipinski definition) is 5. The van der Waals surface area contributed by atoms with Gasteiger partial charge in [-0.3, -0.25) is 24.2 Å². The first kappa shape index (κ1) is 40.9. The highest BCUT2D eigenvalue weighted by atomic mass is 19.4. The summed E-state index contributed by atoms with van der Waals surface area (Å²) in [5, 5.41) is 12.5. The Balaban J connectivity index is 1.36. The summed E-state index contributed by atoms with van der Waals surface area (Å²) < 4.78 is 56.8. The Morgan fingerprint density at radius 1 is 0.842 bits per heavy atom. The molecule has 0 saturated heterocycles. The van der Waals surface area contributed by atoms with E-state index in [2.05, 4.69) is 31.2 Å². The molecule has 6 rings (SSSR count). The van der Waals surface area contributed by atoms with E-state index >= 15 is 0 Å². The van der Waals surface area contributed by atoms with E-state index in [-0.39, 0.29) is 48.1 Å². The number of amides is 4. The number of hydrogen-bond acceptors (Lipinski definition) is 5. The molecule has 5 N–H and O–H groups in total. The zero-order valence-electron chi connectivity index (χ0n) is 32.1. The summed E-state index contributed by atoms with van der Waals surface area (Å²) in [7, 11) is 0. The Labute approximate surface area is 327 Å². The zero-order valence-corrected chi connectivity index (χ0v) is 32.1. The highest BCUT2D eigenvalue weighted by molar-refractivity contribution is 6.05. The quantitative estimate of drug-likeness (QED) is 0.0805. The fourth-order valence-corrected chi connectivity index (χ4v) is 7.52. The van der Waals surface area contributed by atoms with Gasteiger partial charge >= 0.3 is 6.18 Å². The standard InChI is InChI=1S/C43H46F4N6O4/c1-5-24(3)36(39(55)50-33-18-10-17-32-28(33)14-11-21-48-32)52-41(57)42(20-19-34-29(23-42)27-13-9-15-30(38(27)49-34)43(45,46)47)53-40(56)37(25(4)6-2)51-35(54)22-26-12-7-8-16-31(26)44/h7-18,21,24-25,36-37,49H,5-6,19-20,22-23H2,1-4H3,(H,50,55)(H,51,54)(H,52,57)(H,53,56)/t24-,25?,36?,37-,42+/m0/s1. The molecular formula is C43H46F4N6O4. The maximum absolute atomic E-state index is 14.9. The van der Waals surface area contributed by atoms with Crippen molar-refractivity contribution in [1.82, 2.24) is 25.9 Å². The summed E-state index contributed by atoms with van der Waals surface area (Å²) in [6.45, 7) is 7.26. The van der Waals surface area contributed by atoms with Crippen LogP contribution in [0.5, 0.6) is 0 Å². The Morgan fingerprint density at radius 2 is 1.53 bits per heavy atom. The number of fused-ring (bicyclic) bond motifs is 4. The second-order valence-corrected chi connectivity index (χ2v) is 15.0. The van der Waals surface area contributed by atoms with Crippen molar-refractivity contribution in [1.29, 1.82) is 0 Å². The van der Waals surface area contributed by atoms with Crippen LogP contribution in [0, 0.1) is 17.7 Å². The van der Waals surface area contributed by atoms with Crippen LogP contribution < -0.4 is 21.3 Å². The van der Waals surface area contributed by atoms with Crippen molar-refractivity contribution in [2.45, 2.75) is 90.0 Å². The maximum atomic E-state index is 14.9. The number of aromatic amines is 1. The van der Waals surface area contributed by atoms with Crippen LogP contribution in [0.3, 0.4) is 0 Å². The summed E-state index contributed by atoms with van der Waals surface area (Å²) in [6, 6.07) is 16.2. The number of rotatable bonds is 13. The van der Waals surface area contributed by atoms with Crippen LogP contribution in [0.1, 0.15) is 69.3 Å². The summed E-state index contributed by atoms with van der Waals surface area (Å²) >= 11 is 0. The highest BCUT2D eigenvalue weighted by Crippen LogP contribution is 2.40. The van der Waals surface area contributed by atoms with E-state index in [4.69, 9.17) is 0 Å². The van der Waals surface area contributed by atoms with Gasteiger partial charge in [0.15, 0.2) is 0 Å². The molecule has 3 aromatic carbocycles. The summed E-state index contributed by atoms with van der Waals surface area (Å²) in [5.74, 6) is -3.93. The van der Waals surface area contributed by atoms with Crippen LogP contribution in [0.4, 0.5) is 23.2 Å². The third-order valence-corrected chi connectivity index (χ3v) is 11.2. The number of carbonyl (C=O) groups is 4. The molecule has 4 amide bonds. The van der Waals surface area contributed by atoms with E-state index in [0.717, 1.165) is 6.07 Å². The molecule has 14 heteroatoms. The zero-order chi connectivity index (χ0) is 41.1. The van der Waals surface area contributed by atoms with Crippen molar-refractivity contribution in [2.24, 2.45) is 11.8 Å². The minimum atomic E-state index is -4.66. The summed E-state index contributed by atoms with van der Waals surface area (Å²) in [5.41, 5.74) is -0.544. The van der Waals surface area contributed by atoms with Crippen LogP contribution in [-0.4, -0.2) is 51.2 Å². The average Bonchev–Trinajstić information content (AvgIpc) is 3.56. The van der Waals surface area contributed by atoms with Crippen LogP contribution >= 0.6 is 0 Å². The average molecular weight is 787 g/mol. The minimum absolute atomic E-state index is 0.0357. The Bertz CT molecular complexity index is 2300. The molecule has 0 fully saturated rings. The molecule has 57 heavy (non-hydrogen) atoms. The third kappa shape index (κ3) is 8.64. The van der Waals surface area contributed by atoms with Crippen molar-refractivity contribution in [2.75, 3.05) is 5.32 Å². The van der Waals surface area contributed by atoms with Gasteiger partial charge in [-0.25, -0.2) is 4.39 Å². The first-order chi connectivity index (χ1) is 27.2. The molecule has 2 aromatic heterocycles. The molecule has 0 bridgehead atoms. The fourth-order valence-electron chi connectivity index (χ4n) is 7.52. The monoisotopic (exact) mass is 786 g/mol. The number of H-pyrrole nitrogens is 1. The van der Waals surface area contributed by atoms with E-state index in [0.29, 0.717) is 40.7 Å². The molecule has 300 valence electrons. The number of nitrogens with zero attached hydrogens (tertiary/aromatic N) is 1. The van der Waals surface area contributed by atoms with E-state index in [9.17, 15) is 36.7 Å². The lowest BCUT2D eigenvalue weighted by Crippen LogP contribution is -2.67. The lowest BCUT2D eigenvalue weighted by atomic mass is 9.78. The SMILES string of the molecule is CCC(C)[C@H](NC(=O)Cc1ccccc1F)C(=O)N[C@]1(C(=O)NC(C(=O)Nc2cccc3ncccc23)[C@@H](C)CC)CCc2[nH]c3c(C(F)(F)F)cccc3c2C1. The number of para-hydroxylation sites is 1. The van der Waals surface area contributed by atoms with Gasteiger partial charge < -0.3 is 26.3 Å². The van der Waals surface area contributed by atoms with Crippen LogP contribution in [-0.2, 0) is 44.6 Å². The van der Waals surface area contributed by atoms with E-state index < -0.39 is 64.7 Å². The third-order valence-electron chi connectivity index (χ3n) is 11.2. The van der Waals surface area contributed by atoms with Crippen LogP contribution in [0.15, 0.2) is 79.0 Å². The molecule has 5 atom stereocenters. The molecule has 2 unspecified atom stereocenters.